The van der Waals surface area contributed by atoms with Crippen molar-refractivity contribution in [1.29, 1.82) is 0 Å². The zero-order chi connectivity index (χ0) is 13.0. The van der Waals surface area contributed by atoms with E-state index in [1.54, 1.807) is 12.1 Å². The van der Waals surface area contributed by atoms with Gasteiger partial charge in [-0.05, 0) is 32.0 Å². The number of rotatable bonds is 4. The summed E-state index contributed by atoms with van der Waals surface area (Å²) in [5.74, 6) is 0. The van der Waals surface area contributed by atoms with Crippen molar-refractivity contribution in [2.75, 3.05) is 20.1 Å². The lowest BCUT2D eigenvalue weighted by atomic mass is 10.1. The van der Waals surface area contributed by atoms with Gasteiger partial charge in [-0.25, -0.2) is 0 Å². The van der Waals surface area contributed by atoms with Gasteiger partial charge in [0.1, 0.15) is 0 Å². The summed E-state index contributed by atoms with van der Waals surface area (Å²) in [5.41, 5.74) is 1.17. The van der Waals surface area contributed by atoms with Crippen molar-refractivity contribution in [2.45, 2.75) is 25.4 Å². The molecule has 1 fully saturated rings. The van der Waals surface area contributed by atoms with Gasteiger partial charge < -0.3 is 5.32 Å². The number of piperidine rings is 1. The first-order valence-corrected chi connectivity index (χ1v) is 6.31. The van der Waals surface area contributed by atoms with Crippen LogP contribution in [0.2, 0.25) is 0 Å². The van der Waals surface area contributed by atoms with Crippen molar-refractivity contribution < 1.29 is 4.92 Å². The lowest BCUT2D eigenvalue weighted by molar-refractivity contribution is -0.384. The van der Waals surface area contributed by atoms with Gasteiger partial charge in [-0.2, -0.15) is 0 Å². The molecule has 5 heteroatoms. The fourth-order valence-corrected chi connectivity index (χ4v) is 2.40. The summed E-state index contributed by atoms with van der Waals surface area (Å²) < 4.78 is 0. The molecule has 0 bridgehead atoms. The van der Waals surface area contributed by atoms with E-state index in [9.17, 15) is 10.1 Å². The molecule has 98 valence electrons. The quantitative estimate of drug-likeness (QED) is 0.652. The zero-order valence-corrected chi connectivity index (χ0v) is 10.6. The maximum atomic E-state index is 10.7. The second-order valence-corrected chi connectivity index (χ2v) is 4.84. The third-order valence-electron chi connectivity index (χ3n) is 3.45. The van der Waals surface area contributed by atoms with Crippen molar-refractivity contribution in [3.8, 4) is 0 Å². The molecule has 0 saturated carbocycles. The van der Waals surface area contributed by atoms with Crippen LogP contribution in [0.15, 0.2) is 24.3 Å². The van der Waals surface area contributed by atoms with Crippen LogP contribution < -0.4 is 5.32 Å². The third-order valence-corrected chi connectivity index (χ3v) is 3.45. The number of hydrogen-bond donors (Lipinski definition) is 1. The maximum absolute atomic E-state index is 10.7. The van der Waals surface area contributed by atoms with Crippen molar-refractivity contribution in [2.24, 2.45) is 0 Å². The van der Waals surface area contributed by atoms with Crippen molar-refractivity contribution in [1.82, 2.24) is 10.2 Å². The van der Waals surface area contributed by atoms with Gasteiger partial charge in [0.05, 0.1) is 4.92 Å². The van der Waals surface area contributed by atoms with Gasteiger partial charge in [0, 0.05) is 31.3 Å². The third kappa shape index (κ3) is 3.27. The van der Waals surface area contributed by atoms with Crippen LogP contribution in [0.5, 0.6) is 0 Å². The Balaban J connectivity index is 1.99. The molecule has 0 aliphatic carbocycles. The molecule has 5 nitrogen and oxygen atoms in total. The number of nitro groups is 1. The normalized spacial score (nSPS) is 20.0. The highest BCUT2D eigenvalue weighted by atomic mass is 16.6. The van der Waals surface area contributed by atoms with E-state index in [2.05, 4.69) is 17.3 Å². The fourth-order valence-electron chi connectivity index (χ4n) is 2.40. The molecule has 1 N–H and O–H groups in total. The molecule has 1 unspecified atom stereocenters. The highest BCUT2D eigenvalue weighted by Crippen LogP contribution is 2.16. The van der Waals surface area contributed by atoms with Gasteiger partial charge in [-0.1, -0.05) is 12.1 Å². The number of hydrogen-bond acceptors (Lipinski definition) is 4. The van der Waals surface area contributed by atoms with Crippen LogP contribution in [-0.4, -0.2) is 36.0 Å². The average Bonchev–Trinajstić information content (AvgIpc) is 2.40. The lowest BCUT2D eigenvalue weighted by Crippen LogP contribution is -2.43. The molecule has 0 aromatic heterocycles. The summed E-state index contributed by atoms with van der Waals surface area (Å²) in [7, 11) is 2.08. The summed E-state index contributed by atoms with van der Waals surface area (Å²) >= 11 is 0. The molecular weight excluding hydrogens is 230 g/mol. The molecule has 1 aromatic rings. The Kier molecular flexibility index (Phi) is 4.28. The second-order valence-electron chi connectivity index (χ2n) is 4.84. The largest absolute Gasteiger partial charge is 0.315 e. The number of likely N-dealkylation sites (N-methyl/N-ethyl adjacent to an activating group) is 1. The first-order valence-electron chi connectivity index (χ1n) is 6.31. The number of nitrogens with one attached hydrogen (secondary N) is 1. The second kappa shape index (κ2) is 5.93. The van der Waals surface area contributed by atoms with Crippen LogP contribution in [0.25, 0.3) is 0 Å². The van der Waals surface area contributed by atoms with Crippen molar-refractivity contribution in [3.63, 3.8) is 0 Å². The number of nitro benzene ring substituents is 1. The highest BCUT2D eigenvalue weighted by molar-refractivity contribution is 5.34. The van der Waals surface area contributed by atoms with Gasteiger partial charge in [0.25, 0.3) is 5.69 Å². The smallest absolute Gasteiger partial charge is 0.269 e. The Hall–Kier alpha value is -1.46. The average molecular weight is 249 g/mol. The van der Waals surface area contributed by atoms with Gasteiger partial charge in [-0.15, -0.1) is 0 Å². The predicted molar refractivity (Wildman–Crippen MR) is 70.5 cm³/mol. The van der Waals surface area contributed by atoms with E-state index in [0.717, 1.165) is 25.2 Å². The van der Waals surface area contributed by atoms with Gasteiger partial charge in [-0.3, -0.25) is 15.0 Å². The van der Waals surface area contributed by atoms with Gasteiger partial charge >= 0.3 is 0 Å². The summed E-state index contributed by atoms with van der Waals surface area (Å²) in [4.78, 5) is 12.7. The van der Waals surface area contributed by atoms with Crippen LogP contribution in [-0.2, 0) is 6.54 Å². The Morgan fingerprint density at radius 3 is 3.06 bits per heavy atom. The van der Waals surface area contributed by atoms with E-state index in [-0.39, 0.29) is 10.6 Å². The SMILES string of the molecule is CN(Cc1cccc([N+](=O)[O-])c1)C1CCCNC1. The van der Waals surface area contributed by atoms with E-state index in [1.807, 2.05) is 6.07 Å². The lowest BCUT2D eigenvalue weighted by Gasteiger charge is -2.31. The first kappa shape index (κ1) is 13.0. The topological polar surface area (TPSA) is 58.4 Å². The van der Waals surface area contributed by atoms with Crippen molar-refractivity contribution in [3.05, 3.63) is 39.9 Å². The van der Waals surface area contributed by atoms with E-state index >= 15 is 0 Å². The summed E-state index contributed by atoms with van der Waals surface area (Å²) in [6, 6.07) is 7.41. The van der Waals surface area contributed by atoms with E-state index < -0.39 is 0 Å². The Morgan fingerprint density at radius 1 is 1.56 bits per heavy atom. The highest BCUT2D eigenvalue weighted by Gasteiger charge is 2.18. The minimum atomic E-state index is -0.342. The van der Waals surface area contributed by atoms with Crippen LogP contribution in [0.4, 0.5) is 5.69 Å². The molecule has 18 heavy (non-hydrogen) atoms. The van der Waals surface area contributed by atoms with Crippen LogP contribution in [0.3, 0.4) is 0 Å². The van der Waals surface area contributed by atoms with Gasteiger partial charge in [0.2, 0.25) is 0 Å². The van der Waals surface area contributed by atoms with Crippen LogP contribution >= 0.6 is 0 Å². The Labute approximate surface area is 107 Å². The van der Waals surface area contributed by atoms with Crippen molar-refractivity contribution >= 4 is 5.69 Å². The molecule has 0 radical (unpaired) electrons. The number of benzene rings is 1. The number of nitrogens with zero attached hydrogens (tertiary/aromatic N) is 2. The minimum absolute atomic E-state index is 0.169. The standard InChI is InChI=1S/C13H19N3O2/c1-15(13-6-3-7-14-9-13)10-11-4-2-5-12(8-11)16(17)18/h2,4-5,8,13-14H,3,6-7,9-10H2,1H3. The fraction of sp³-hybridized carbons (Fsp3) is 0.538. The maximum Gasteiger partial charge on any atom is 0.269 e. The molecule has 1 aromatic carbocycles. The molecule has 0 amide bonds. The zero-order valence-electron chi connectivity index (χ0n) is 10.6. The molecule has 1 heterocycles. The summed E-state index contributed by atoms with van der Waals surface area (Å²) in [6.45, 7) is 2.86. The molecular formula is C13H19N3O2. The molecule has 1 aliphatic heterocycles. The molecule has 1 saturated heterocycles. The molecule has 2 rings (SSSR count). The predicted octanol–water partition coefficient (Wildman–Crippen LogP) is 1.78. The molecule has 0 spiro atoms. The van der Waals surface area contributed by atoms with Gasteiger partial charge in [0.15, 0.2) is 0 Å². The Morgan fingerprint density at radius 2 is 2.39 bits per heavy atom. The van der Waals surface area contributed by atoms with E-state index in [0.29, 0.717) is 6.04 Å². The van der Waals surface area contributed by atoms with Crippen LogP contribution in [0.1, 0.15) is 18.4 Å². The monoisotopic (exact) mass is 249 g/mol. The molecule has 1 atom stereocenters. The molecule has 1 aliphatic rings. The Bertz CT molecular complexity index is 416. The first-order chi connectivity index (χ1) is 8.66. The van der Waals surface area contributed by atoms with E-state index in [1.165, 1.54) is 18.9 Å². The number of non-ortho nitro benzene ring substituents is 1. The minimum Gasteiger partial charge on any atom is -0.315 e. The summed E-state index contributed by atoms with van der Waals surface area (Å²) in [5, 5.41) is 14.1. The van der Waals surface area contributed by atoms with Crippen LogP contribution in [0, 0.1) is 10.1 Å². The van der Waals surface area contributed by atoms with E-state index in [4.69, 9.17) is 0 Å². The summed E-state index contributed by atoms with van der Waals surface area (Å²) in [6.07, 6.45) is 2.39.